The van der Waals surface area contributed by atoms with E-state index in [0.29, 0.717) is 5.56 Å². The molecule has 5 heteroatoms. The average Bonchev–Trinajstić information content (AvgIpc) is 2.44. The van der Waals surface area contributed by atoms with Crippen LogP contribution in [0.4, 0.5) is 8.78 Å². The van der Waals surface area contributed by atoms with Gasteiger partial charge in [0.25, 0.3) is 0 Å². The van der Waals surface area contributed by atoms with Crippen LogP contribution in [0.3, 0.4) is 0 Å². The van der Waals surface area contributed by atoms with E-state index in [9.17, 15) is 13.6 Å². The molecule has 0 bridgehead atoms. The molecular formula is C14H17F2NO2. The van der Waals surface area contributed by atoms with Gasteiger partial charge in [0.1, 0.15) is 0 Å². The molecule has 2 rings (SSSR count). The van der Waals surface area contributed by atoms with E-state index in [1.165, 1.54) is 13.2 Å². The Bertz CT molecular complexity index is 459. The minimum atomic E-state index is -0.930. The van der Waals surface area contributed by atoms with Crippen LogP contribution in [-0.2, 0) is 9.53 Å². The van der Waals surface area contributed by atoms with Crippen molar-refractivity contribution in [1.29, 1.82) is 0 Å². The Labute approximate surface area is 111 Å². The Morgan fingerprint density at radius 2 is 2.00 bits per heavy atom. The standard InChI is InChI=1S/C14H17F2NO2/c1-19-14(18)13(9-4-6-17-7-5-9)10-2-3-11(15)12(16)8-10/h2-3,8-9,13,17H,4-7H2,1H3. The lowest BCUT2D eigenvalue weighted by atomic mass is 9.80. The molecule has 19 heavy (non-hydrogen) atoms. The number of rotatable bonds is 3. The molecule has 0 spiro atoms. The molecule has 104 valence electrons. The molecule has 1 saturated heterocycles. The van der Waals surface area contributed by atoms with Crippen LogP contribution in [0.1, 0.15) is 24.3 Å². The molecule has 0 radical (unpaired) electrons. The van der Waals surface area contributed by atoms with E-state index < -0.39 is 23.5 Å². The highest BCUT2D eigenvalue weighted by Crippen LogP contribution is 2.32. The maximum Gasteiger partial charge on any atom is 0.313 e. The van der Waals surface area contributed by atoms with E-state index in [2.05, 4.69) is 5.32 Å². The number of methoxy groups -OCH3 is 1. The number of benzene rings is 1. The first kappa shape index (κ1) is 13.9. The van der Waals surface area contributed by atoms with Crippen molar-refractivity contribution in [3.8, 4) is 0 Å². The van der Waals surface area contributed by atoms with Crippen LogP contribution >= 0.6 is 0 Å². The van der Waals surface area contributed by atoms with Crippen molar-refractivity contribution in [3.05, 3.63) is 35.4 Å². The number of hydrogen-bond donors (Lipinski definition) is 1. The summed E-state index contributed by atoms with van der Waals surface area (Å²) in [7, 11) is 1.32. The lowest BCUT2D eigenvalue weighted by molar-refractivity contribution is -0.144. The fraction of sp³-hybridized carbons (Fsp3) is 0.500. The third-order valence-electron chi connectivity index (χ3n) is 3.61. The second-order valence-electron chi connectivity index (χ2n) is 4.76. The van der Waals surface area contributed by atoms with Crippen LogP contribution in [0.5, 0.6) is 0 Å². The minimum absolute atomic E-state index is 0.0959. The van der Waals surface area contributed by atoms with Gasteiger partial charge in [0.15, 0.2) is 11.6 Å². The van der Waals surface area contributed by atoms with Crippen LogP contribution in [0.25, 0.3) is 0 Å². The molecule has 1 fully saturated rings. The van der Waals surface area contributed by atoms with Crippen LogP contribution < -0.4 is 5.32 Å². The van der Waals surface area contributed by atoms with Crippen molar-refractivity contribution in [2.45, 2.75) is 18.8 Å². The molecule has 1 unspecified atom stereocenters. The summed E-state index contributed by atoms with van der Waals surface area (Å²) in [5.74, 6) is -2.66. The minimum Gasteiger partial charge on any atom is -0.469 e. The summed E-state index contributed by atoms with van der Waals surface area (Å²) in [6, 6.07) is 3.61. The summed E-state index contributed by atoms with van der Waals surface area (Å²) < 4.78 is 31.1. The topological polar surface area (TPSA) is 38.3 Å². The first-order chi connectivity index (χ1) is 9.13. The smallest absolute Gasteiger partial charge is 0.313 e. The summed E-state index contributed by atoms with van der Waals surface area (Å²) in [5.41, 5.74) is 0.484. The van der Waals surface area contributed by atoms with Gasteiger partial charge in [-0.15, -0.1) is 0 Å². The number of halogens is 2. The number of esters is 1. The summed E-state index contributed by atoms with van der Waals surface area (Å²) in [5, 5.41) is 3.21. The van der Waals surface area contributed by atoms with Gasteiger partial charge in [0.05, 0.1) is 13.0 Å². The zero-order chi connectivity index (χ0) is 13.8. The predicted octanol–water partition coefficient (Wildman–Crippen LogP) is 2.22. The highest BCUT2D eigenvalue weighted by atomic mass is 19.2. The Hall–Kier alpha value is -1.49. The van der Waals surface area contributed by atoms with Crippen molar-refractivity contribution in [1.82, 2.24) is 5.32 Å². The third-order valence-corrected chi connectivity index (χ3v) is 3.61. The maximum atomic E-state index is 13.3. The molecule has 0 aliphatic carbocycles. The zero-order valence-corrected chi connectivity index (χ0v) is 10.8. The second-order valence-corrected chi connectivity index (χ2v) is 4.76. The molecule has 0 aromatic heterocycles. The molecule has 1 heterocycles. The van der Waals surface area contributed by atoms with Crippen LogP contribution in [0.15, 0.2) is 18.2 Å². The molecule has 0 saturated carbocycles. The van der Waals surface area contributed by atoms with Gasteiger partial charge >= 0.3 is 5.97 Å². The number of carbonyl (C=O) groups is 1. The first-order valence-electron chi connectivity index (χ1n) is 6.37. The summed E-state index contributed by atoms with van der Waals surface area (Å²) >= 11 is 0. The molecule has 1 aromatic rings. The van der Waals surface area contributed by atoms with E-state index in [1.807, 2.05) is 0 Å². The summed E-state index contributed by atoms with van der Waals surface area (Å²) in [6.07, 6.45) is 1.64. The number of hydrogen-bond acceptors (Lipinski definition) is 3. The van der Waals surface area contributed by atoms with Gasteiger partial charge in [-0.05, 0) is 49.5 Å². The quantitative estimate of drug-likeness (QED) is 0.855. The highest BCUT2D eigenvalue weighted by Gasteiger charge is 2.32. The highest BCUT2D eigenvalue weighted by molar-refractivity contribution is 5.78. The number of ether oxygens (including phenoxy) is 1. The Morgan fingerprint density at radius 1 is 1.32 bits per heavy atom. The van der Waals surface area contributed by atoms with Gasteiger partial charge in [-0.1, -0.05) is 6.07 Å². The van der Waals surface area contributed by atoms with Gasteiger partial charge in [-0.3, -0.25) is 4.79 Å². The number of carbonyl (C=O) groups excluding carboxylic acids is 1. The molecule has 1 aliphatic heterocycles. The Morgan fingerprint density at radius 3 is 2.58 bits per heavy atom. The first-order valence-corrected chi connectivity index (χ1v) is 6.37. The summed E-state index contributed by atoms with van der Waals surface area (Å²) in [4.78, 5) is 11.9. The normalized spacial score (nSPS) is 18.1. The van der Waals surface area contributed by atoms with E-state index in [-0.39, 0.29) is 5.92 Å². The van der Waals surface area contributed by atoms with E-state index in [4.69, 9.17) is 4.74 Å². The van der Waals surface area contributed by atoms with Gasteiger partial charge in [0, 0.05) is 0 Å². The lowest BCUT2D eigenvalue weighted by Gasteiger charge is -2.29. The Balaban J connectivity index is 2.30. The predicted molar refractivity (Wildman–Crippen MR) is 66.7 cm³/mol. The SMILES string of the molecule is COC(=O)C(c1ccc(F)c(F)c1)C1CCNCC1. The maximum absolute atomic E-state index is 13.3. The van der Waals surface area contributed by atoms with E-state index in [0.717, 1.165) is 38.1 Å². The van der Waals surface area contributed by atoms with Gasteiger partial charge in [0.2, 0.25) is 0 Å². The molecule has 1 aromatic carbocycles. The van der Waals surface area contributed by atoms with Crippen LogP contribution in [-0.4, -0.2) is 26.2 Å². The largest absolute Gasteiger partial charge is 0.469 e. The zero-order valence-electron chi connectivity index (χ0n) is 10.8. The van der Waals surface area contributed by atoms with Gasteiger partial charge in [-0.2, -0.15) is 0 Å². The van der Waals surface area contributed by atoms with Crippen molar-refractivity contribution in [2.24, 2.45) is 5.92 Å². The Kier molecular flexibility index (Phi) is 4.47. The monoisotopic (exact) mass is 269 g/mol. The fourth-order valence-corrected chi connectivity index (χ4v) is 2.61. The fourth-order valence-electron chi connectivity index (χ4n) is 2.61. The number of piperidine rings is 1. The molecule has 1 atom stereocenters. The molecule has 0 amide bonds. The van der Waals surface area contributed by atoms with Crippen LogP contribution in [0, 0.1) is 17.6 Å². The van der Waals surface area contributed by atoms with Crippen molar-refractivity contribution >= 4 is 5.97 Å². The van der Waals surface area contributed by atoms with Crippen molar-refractivity contribution < 1.29 is 18.3 Å². The molecule has 3 nitrogen and oxygen atoms in total. The van der Waals surface area contributed by atoms with Gasteiger partial charge < -0.3 is 10.1 Å². The lowest BCUT2D eigenvalue weighted by Crippen LogP contribution is -2.34. The third kappa shape index (κ3) is 3.10. The second kappa shape index (κ2) is 6.10. The molecular weight excluding hydrogens is 252 g/mol. The molecule has 1 aliphatic rings. The molecule has 1 N–H and O–H groups in total. The summed E-state index contributed by atoms with van der Waals surface area (Å²) in [6.45, 7) is 1.64. The number of nitrogens with one attached hydrogen (secondary N) is 1. The van der Waals surface area contributed by atoms with Gasteiger partial charge in [-0.25, -0.2) is 8.78 Å². The van der Waals surface area contributed by atoms with E-state index >= 15 is 0 Å². The van der Waals surface area contributed by atoms with Crippen LogP contribution in [0.2, 0.25) is 0 Å². The van der Waals surface area contributed by atoms with Crippen molar-refractivity contribution in [2.75, 3.05) is 20.2 Å². The van der Waals surface area contributed by atoms with E-state index in [1.54, 1.807) is 0 Å². The van der Waals surface area contributed by atoms with Crippen molar-refractivity contribution in [3.63, 3.8) is 0 Å². The average molecular weight is 269 g/mol.